The van der Waals surface area contributed by atoms with E-state index >= 15 is 0 Å². The van der Waals surface area contributed by atoms with Crippen LogP contribution in [-0.2, 0) is 6.42 Å². The summed E-state index contributed by atoms with van der Waals surface area (Å²) in [6.45, 7) is 0. The summed E-state index contributed by atoms with van der Waals surface area (Å²) in [7, 11) is 3.34. The quantitative estimate of drug-likeness (QED) is 0.765. The number of benzene rings is 2. The van der Waals surface area contributed by atoms with E-state index in [9.17, 15) is 8.78 Å². The molecule has 2 aromatic rings. The second-order valence-corrected chi connectivity index (χ2v) is 5.65. The molecule has 5 nitrogen and oxygen atoms in total. The second kappa shape index (κ2) is 7.03. The van der Waals surface area contributed by atoms with Gasteiger partial charge in [0, 0.05) is 30.9 Å². The summed E-state index contributed by atoms with van der Waals surface area (Å²) < 4.78 is 40.8. The van der Waals surface area contributed by atoms with Gasteiger partial charge in [0.05, 0.1) is 7.11 Å². The number of allylic oxidation sites excluding steroid dienone is 2. The Bertz CT molecular complexity index is 866. The van der Waals surface area contributed by atoms with Gasteiger partial charge >= 0.3 is 6.29 Å². The molecule has 0 bridgehead atoms. The van der Waals surface area contributed by atoms with E-state index in [1.54, 1.807) is 26.3 Å². The molecule has 0 unspecified atom stereocenters. The summed E-state index contributed by atoms with van der Waals surface area (Å²) in [5.41, 5.74) is 3.27. The number of likely N-dealkylation sites (N-methyl/N-ethyl adjacent to an activating group) is 1. The van der Waals surface area contributed by atoms with E-state index in [1.807, 2.05) is 18.2 Å². The number of alkyl halides is 2. The second-order valence-electron chi connectivity index (χ2n) is 5.65. The molecule has 26 heavy (non-hydrogen) atoms. The largest absolute Gasteiger partial charge is 0.586 e. The van der Waals surface area contributed by atoms with Crippen molar-refractivity contribution in [2.45, 2.75) is 12.7 Å². The van der Waals surface area contributed by atoms with Crippen molar-refractivity contribution in [3.05, 3.63) is 53.7 Å². The molecule has 1 aliphatic rings. The summed E-state index contributed by atoms with van der Waals surface area (Å²) in [5.74, 6) is 0.598. The third-order valence-electron chi connectivity index (χ3n) is 3.98. The minimum absolute atomic E-state index is 0.000238. The molecule has 2 aromatic carbocycles. The number of halogens is 2. The lowest BCUT2D eigenvalue weighted by Gasteiger charge is -2.13. The van der Waals surface area contributed by atoms with Gasteiger partial charge in [-0.15, -0.1) is 8.78 Å². The van der Waals surface area contributed by atoms with Crippen LogP contribution in [0.1, 0.15) is 5.56 Å². The molecule has 0 aromatic heterocycles. The molecular formula is C19H18F2N2O3. The van der Waals surface area contributed by atoms with Crippen molar-refractivity contribution in [2.24, 2.45) is 0 Å². The monoisotopic (exact) mass is 360 g/mol. The average Bonchev–Trinajstić information content (AvgIpc) is 2.94. The van der Waals surface area contributed by atoms with Crippen molar-refractivity contribution in [3.63, 3.8) is 0 Å². The van der Waals surface area contributed by atoms with Crippen molar-refractivity contribution in [1.29, 1.82) is 5.41 Å². The molecule has 2 N–H and O–H groups in total. The van der Waals surface area contributed by atoms with Crippen LogP contribution in [0, 0.1) is 5.41 Å². The smallest absolute Gasteiger partial charge is 0.496 e. The Hall–Kier alpha value is -3.09. The minimum Gasteiger partial charge on any atom is -0.496 e. The van der Waals surface area contributed by atoms with E-state index in [2.05, 4.69) is 14.8 Å². The maximum absolute atomic E-state index is 13.2. The zero-order chi connectivity index (χ0) is 18.7. The van der Waals surface area contributed by atoms with E-state index in [4.69, 9.17) is 10.1 Å². The van der Waals surface area contributed by atoms with Crippen LogP contribution in [-0.4, -0.2) is 26.7 Å². The molecular weight excluding hydrogens is 342 g/mol. The molecule has 1 aliphatic heterocycles. The predicted molar refractivity (Wildman–Crippen MR) is 94.3 cm³/mol. The van der Waals surface area contributed by atoms with Crippen LogP contribution in [0.3, 0.4) is 0 Å². The Morgan fingerprint density at radius 2 is 1.96 bits per heavy atom. The van der Waals surface area contributed by atoms with Crippen molar-refractivity contribution < 1.29 is 23.0 Å². The summed E-state index contributed by atoms with van der Waals surface area (Å²) in [6.07, 6.45) is -0.168. The first-order chi connectivity index (χ1) is 12.5. The van der Waals surface area contributed by atoms with Crippen LogP contribution >= 0.6 is 0 Å². The third-order valence-corrected chi connectivity index (χ3v) is 3.98. The molecule has 0 fully saturated rings. The van der Waals surface area contributed by atoms with Gasteiger partial charge in [-0.25, -0.2) is 0 Å². The van der Waals surface area contributed by atoms with Gasteiger partial charge in [-0.1, -0.05) is 12.1 Å². The molecule has 0 saturated carbocycles. The van der Waals surface area contributed by atoms with Gasteiger partial charge in [-0.3, -0.25) is 0 Å². The lowest BCUT2D eigenvalue weighted by Crippen LogP contribution is -2.25. The predicted octanol–water partition coefficient (Wildman–Crippen LogP) is 3.98. The number of fused-ring (bicyclic) bond motifs is 1. The number of hydrogen-bond acceptors (Lipinski definition) is 5. The van der Waals surface area contributed by atoms with Crippen LogP contribution < -0.4 is 19.5 Å². The Morgan fingerprint density at radius 1 is 1.19 bits per heavy atom. The lowest BCUT2D eigenvalue weighted by atomic mass is 9.99. The standard InChI is InChI=1S/C19H18F2N2O3/c1-23-14(7-8-22)9-12-3-5-16(24-2)15(10-12)13-4-6-17-18(11-13)26-19(20,21)25-17/h3-8,10-11,22-23H,9H2,1-2H3/b14-7-,22-8?. The molecule has 1 heterocycles. The van der Waals surface area contributed by atoms with Crippen molar-refractivity contribution in [2.75, 3.05) is 14.2 Å². The Morgan fingerprint density at radius 3 is 2.65 bits per heavy atom. The molecule has 0 saturated heterocycles. The average molecular weight is 360 g/mol. The van der Waals surface area contributed by atoms with Gasteiger partial charge in [-0.2, -0.15) is 0 Å². The van der Waals surface area contributed by atoms with Crippen LogP contribution in [0.15, 0.2) is 48.2 Å². The molecule has 0 aliphatic carbocycles. The van der Waals surface area contributed by atoms with Crippen molar-refractivity contribution >= 4 is 6.21 Å². The molecule has 7 heteroatoms. The molecule has 136 valence electrons. The van der Waals surface area contributed by atoms with E-state index in [0.29, 0.717) is 17.7 Å². The molecule has 0 radical (unpaired) electrons. The van der Waals surface area contributed by atoms with Crippen LogP contribution in [0.25, 0.3) is 11.1 Å². The first-order valence-corrected chi connectivity index (χ1v) is 7.90. The van der Waals surface area contributed by atoms with Gasteiger partial charge in [-0.05, 0) is 41.5 Å². The SMILES string of the molecule is CN/C(=C\C=N)Cc1ccc(OC)c(-c2ccc3c(c2)OC(F)(F)O3)c1. The van der Waals surface area contributed by atoms with Gasteiger partial charge in [0.2, 0.25) is 0 Å². The fourth-order valence-electron chi connectivity index (χ4n) is 2.76. The number of ether oxygens (including phenoxy) is 3. The fraction of sp³-hybridized carbons (Fsp3) is 0.211. The Kier molecular flexibility index (Phi) is 4.79. The zero-order valence-corrected chi connectivity index (χ0v) is 14.3. The van der Waals surface area contributed by atoms with Crippen LogP contribution in [0.4, 0.5) is 8.78 Å². The topological polar surface area (TPSA) is 63.6 Å². The van der Waals surface area contributed by atoms with Gasteiger partial charge < -0.3 is 24.9 Å². The van der Waals surface area contributed by atoms with E-state index in [1.165, 1.54) is 18.3 Å². The summed E-state index contributed by atoms with van der Waals surface area (Å²) in [6, 6.07) is 10.3. The zero-order valence-electron chi connectivity index (χ0n) is 14.3. The number of rotatable bonds is 6. The van der Waals surface area contributed by atoms with Crippen LogP contribution in [0.2, 0.25) is 0 Å². The maximum atomic E-state index is 13.2. The molecule has 0 amide bonds. The van der Waals surface area contributed by atoms with E-state index < -0.39 is 6.29 Å². The summed E-state index contributed by atoms with van der Waals surface area (Å²) in [5, 5.41) is 10.2. The highest BCUT2D eigenvalue weighted by atomic mass is 19.3. The first-order valence-electron chi connectivity index (χ1n) is 7.90. The highest BCUT2D eigenvalue weighted by Gasteiger charge is 2.43. The van der Waals surface area contributed by atoms with Gasteiger partial charge in [0.15, 0.2) is 11.5 Å². The van der Waals surface area contributed by atoms with Crippen LogP contribution in [0.5, 0.6) is 17.2 Å². The van der Waals surface area contributed by atoms with Crippen molar-refractivity contribution in [1.82, 2.24) is 5.32 Å². The third kappa shape index (κ3) is 3.61. The van der Waals surface area contributed by atoms with Gasteiger partial charge in [0.25, 0.3) is 0 Å². The fourth-order valence-corrected chi connectivity index (χ4v) is 2.76. The first kappa shape index (κ1) is 17.7. The molecule has 0 atom stereocenters. The van der Waals surface area contributed by atoms with Crippen molar-refractivity contribution in [3.8, 4) is 28.4 Å². The highest BCUT2D eigenvalue weighted by molar-refractivity contribution is 5.74. The molecule has 0 spiro atoms. The summed E-state index contributed by atoms with van der Waals surface area (Å²) in [4.78, 5) is 0. The Balaban J connectivity index is 1.98. The highest BCUT2D eigenvalue weighted by Crippen LogP contribution is 2.44. The van der Waals surface area contributed by atoms with E-state index in [-0.39, 0.29) is 11.5 Å². The number of nitrogens with one attached hydrogen (secondary N) is 2. The molecule has 3 rings (SSSR count). The number of hydrogen-bond donors (Lipinski definition) is 2. The number of methoxy groups -OCH3 is 1. The van der Waals surface area contributed by atoms with E-state index in [0.717, 1.165) is 16.8 Å². The lowest BCUT2D eigenvalue weighted by molar-refractivity contribution is -0.286. The minimum atomic E-state index is -3.65. The normalized spacial score (nSPS) is 14.8. The maximum Gasteiger partial charge on any atom is 0.586 e. The van der Waals surface area contributed by atoms with Gasteiger partial charge in [0.1, 0.15) is 5.75 Å². The summed E-state index contributed by atoms with van der Waals surface area (Å²) >= 11 is 0. The Labute approximate surface area is 149 Å².